The minimum Gasteiger partial charge on any atom is -0.398 e. The van der Waals surface area contributed by atoms with E-state index in [1.807, 2.05) is 37.2 Å². The first-order chi connectivity index (χ1) is 6.61. The summed E-state index contributed by atoms with van der Waals surface area (Å²) >= 11 is 0. The van der Waals surface area contributed by atoms with Crippen LogP contribution in [0.2, 0.25) is 0 Å². The molecule has 0 bridgehead atoms. The third kappa shape index (κ3) is 3.12. The molecule has 1 aromatic rings. The molecule has 0 aromatic heterocycles. The van der Waals surface area contributed by atoms with E-state index in [4.69, 9.17) is 5.73 Å². The van der Waals surface area contributed by atoms with Gasteiger partial charge in [-0.1, -0.05) is 12.1 Å². The Morgan fingerprint density at radius 3 is 2.57 bits per heavy atom. The number of hydrogen-bond acceptors (Lipinski definition) is 3. The molecule has 0 spiro atoms. The van der Waals surface area contributed by atoms with Gasteiger partial charge >= 0.3 is 0 Å². The topological polar surface area (TPSA) is 46.3 Å². The fourth-order valence-electron chi connectivity index (χ4n) is 1.06. The van der Waals surface area contributed by atoms with E-state index in [9.17, 15) is 4.21 Å². The van der Waals surface area contributed by atoms with E-state index in [1.165, 1.54) is 0 Å². The second-order valence-corrected chi connectivity index (χ2v) is 4.93. The zero-order valence-electron chi connectivity index (χ0n) is 8.56. The van der Waals surface area contributed by atoms with Crippen LogP contribution in [0.25, 0.3) is 0 Å². The lowest BCUT2D eigenvalue weighted by atomic mass is 10.3. The third-order valence-electron chi connectivity index (χ3n) is 1.89. The summed E-state index contributed by atoms with van der Waals surface area (Å²) < 4.78 is 11.8. The van der Waals surface area contributed by atoms with Crippen LogP contribution in [0.1, 0.15) is 0 Å². The Balaban J connectivity index is 2.65. The van der Waals surface area contributed by atoms with Crippen LogP contribution in [0.15, 0.2) is 29.2 Å². The zero-order valence-corrected chi connectivity index (χ0v) is 9.38. The van der Waals surface area contributed by atoms with E-state index in [1.54, 1.807) is 6.07 Å². The minimum atomic E-state index is -0.982. The van der Waals surface area contributed by atoms with Gasteiger partial charge in [0.15, 0.2) is 0 Å². The maximum Gasteiger partial charge on any atom is 0.0617 e. The van der Waals surface area contributed by atoms with Crippen molar-refractivity contribution in [2.24, 2.45) is 0 Å². The Bertz CT molecular complexity index is 326. The third-order valence-corrected chi connectivity index (χ3v) is 3.30. The quantitative estimate of drug-likeness (QED) is 0.755. The Labute approximate surface area is 87.4 Å². The van der Waals surface area contributed by atoms with Crippen molar-refractivity contribution in [3.63, 3.8) is 0 Å². The van der Waals surface area contributed by atoms with Crippen molar-refractivity contribution < 1.29 is 4.21 Å². The number of para-hydroxylation sites is 1. The summed E-state index contributed by atoms with van der Waals surface area (Å²) in [6.07, 6.45) is 0. The molecular weight excluding hydrogens is 196 g/mol. The average Bonchev–Trinajstić information content (AvgIpc) is 2.15. The van der Waals surface area contributed by atoms with E-state index < -0.39 is 10.8 Å². The molecule has 14 heavy (non-hydrogen) atoms. The van der Waals surface area contributed by atoms with E-state index in [0.29, 0.717) is 11.4 Å². The molecule has 0 aliphatic rings. The maximum atomic E-state index is 11.8. The van der Waals surface area contributed by atoms with Gasteiger partial charge in [-0.15, -0.1) is 0 Å². The summed E-state index contributed by atoms with van der Waals surface area (Å²) in [6.45, 7) is 0.806. The molecule has 2 N–H and O–H groups in total. The van der Waals surface area contributed by atoms with Crippen LogP contribution in [0.3, 0.4) is 0 Å². The molecule has 1 atom stereocenters. The highest BCUT2D eigenvalue weighted by Gasteiger charge is 2.06. The molecule has 0 heterocycles. The lowest BCUT2D eigenvalue weighted by molar-refractivity contribution is 0.435. The van der Waals surface area contributed by atoms with Crippen LogP contribution < -0.4 is 5.73 Å². The summed E-state index contributed by atoms with van der Waals surface area (Å²) in [5, 5.41) is 0. The van der Waals surface area contributed by atoms with Crippen molar-refractivity contribution in [3.05, 3.63) is 24.3 Å². The average molecular weight is 212 g/mol. The first-order valence-corrected chi connectivity index (χ1v) is 5.81. The molecule has 0 aliphatic carbocycles. The highest BCUT2D eigenvalue weighted by atomic mass is 32.2. The maximum absolute atomic E-state index is 11.8. The van der Waals surface area contributed by atoms with Crippen molar-refractivity contribution in [3.8, 4) is 0 Å². The molecule has 3 nitrogen and oxygen atoms in total. The molecular formula is C10H16N2OS. The number of anilines is 1. The summed E-state index contributed by atoms with van der Waals surface area (Å²) in [6, 6.07) is 7.31. The number of benzene rings is 1. The first-order valence-electron chi connectivity index (χ1n) is 4.49. The van der Waals surface area contributed by atoms with Crippen LogP contribution in [0, 0.1) is 0 Å². The molecule has 0 saturated carbocycles. The van der Waals surface area contributed by atoms with E-state index >= 15 is 0 Å². The summed E-state index contributed by atoms with van der Waals surface area (Å²) in [5.74, 6) is 0.626. The first kappa shape index (κ1) is 11.2. The summed E-state index contributed by atoms with van der Waals surface area (Å²) in [5.41, 5.74) is 6.34. The van der Waals surface area contributed by atoms with Crippen LogP contribution in [-0.4, -0.2) is 35.5 Å². The predicted octanol–water partition coefficient (Wildman–Crippen LogP) is 0.938. The van der Waals surface area contributed by atoms with Crippen molar-refractivity contribution >= 4 is 16.5 Å². The molecule has 0 fully saturated rings. The molecule has 1 rings (SSSR count). The molecule has 0 aliphatic heterocycles. The fraction of sp³-hybridized carbons (Fsp3) is 0.400. The van der Waals surface area contributed by atoms with E-state index in [0.717, 1.165) is 11.4 Å². The van der Waals surface area contributed by atoms with Crippen molar-refractivity contribution in [1.29, 1.82) is 0 Å². The van der Waals surface area contributed by atoms with Gasteiger partial charge in [0, 0.05) is 18.0 Å². The lowest BCUT2D eigenvalue weighted by Gasteiger charge is -2.09. The van der Waals surface area contributed by atoms with Crippen molar-refractivity contribution in [1.82, 2.24) is 4.90 Å². The highest BCUT2D eigenvalue weighted by molar-refractivity contribution is 7.85. The SMILES string of the molecule is CN(C)CCS(=O)c1ccccc1N. The highest BCUT2D eigenvalue weighted by Crippen LogP contribution is 2.15. The number of nitrogen functional groups attached to an aromatic ring is 1. The van der Waals surface area contributed by atoms with Crippen molar-refractivity contribution in [2.75, 3.05) is 32.1 Å². The molecule has 0 radical (unpaired) electrons. The lowest BCUT2D eigenvalue weighted by Crippen LogP contribution is -2.19. The minimum absolute atomic E-state index is 0.615. The largest absolute Gasteiger partial charge is 0.398 e. The van der Waals surface area contributed by atoms with Gasteiger partial charge in [0.05, 0.1) is 15.7 Å². The van der Waals surface area contributed by atoms with Gasteiger partial charge < -0.3 is 10.6 Å². The monoisotopic (exact) mass is 212 g/mol. The van der Waals surface area contributed by atoms with Gasteiger partial charge in [0.2, 0.25) is 0 Å². The number of hydrogen-bond donors (Lipinski definition) is 1. The molecule has 1 aromatic carbocycles. The normalized spacial score (nSPS) is 13.1. The van der Waals surface area contributed by atoms with Crippen LogP contribution in [0.4, 0.5) is 5.69 Å². The standard InChI is InChI=1S/C10H16N2OS/c1-12(2)7-8-14(13)10-6-4-3-5-9(10)11/h3-6H,7-8,11H2,1-2H3. The van der Waals surface area contributed by atoms with Crippen LogP contribution in [0.5, 0.6) is 0 Å². The molecule has 4 heteroatoms. The zero-order chi connectivity index (χ0) is 10.6. The van der Waals surface area contributed by atoms with Crippen LogP contribution >= 0.6 is 0 Å². The predicted molar refractivity (Wildman–Crippen MR) is 60.7 cm³/mol. The molecule has 1 unspecified atom stereocenters. The number of rotatable bonds is 4. The second kappa shape index (κ2) is 5.12. The summed E-state index contributed by atoms with van der Waals surface area (Å²) in [4.78, 5) is 2.76. The van der Waals surface area contributed by atoms with E-state index in [-0.39, 0.29) is 0 Å². The van der Waals surface area contributed by atoms with Gasteiger partial charge in [0.1, 0.15) is 0 Å². The van der Waals surface area contributed by atoms with Crippen molar-refractivity contribution in [2.45, 2.75) is 4.90 Å². The van der Waals surface area contributed by atoms with Gasteiger partial charge in [0.25, 0.3) is 0 Å². The van der Waals surface area contributed by atoms with Gasteiger partial charge in [-0.2, -0.15) is 0 Å². The summed E-state index contributed by atoms with van der Waals surface area (Å²) in [7, 11) is 2.95. The Kier molecular flexibility index (Phi) is 4.10. The number of nitrogens with two attached hydrogens (primary N) is 1. The van der Waals surface area contributed by atoms with Gasteiger partial charge in [-0.3, -0.25) is 4.21 Å². The fourth-order valence-corrected chi connectivity index (χ4v) is 2.38. The Morgan fingerprint density at radius 2 is 2.00 bits per heavy atom. The number of nitrogens with zero attached hydrogens (tertiary/aromatic N) is 1. The Morgan fingerprint density at radius 1 is 1.36 bits per heavy atom. The second-order valence-electron chi connectivity index (χ2n) is 3.39. The smallest absolute Gasteiger partial charge is 0.0617 e. The van der Waals surface area contributed by atoms with E-state index in [2.05, 4.69) is 0 Å². The Hall–Kier alpha value is -0.870. The van der Waals surface area contributed by atoms with Gasteiger partial charge in [-0.25, -0.2) is 0 Å². The van der Waals surface area contributed by atoms with Crippen LogP contribution in [-0.2, 0) is 10.8 Å². The molecule has 78 valence electrons. The molecule has 0 amide bonds. The molecule has 0 saturated heterocycles. The van der Waals surface area contributed by atoms with Gasteiger partial charge in [-0.05, 0) is 26.2 Å².